The third-order valence-electron chi connectivity index (χ3n) is 2.37. The molecule has 0 aliphatic heterocycles. The number of rotatable bonds is 4. The van der Waals surface area contributed by atoms with Crippen LogP contribution in [0.1, 0.15) is 11.3 Å². The molecule has 2 aromatic rings. The molecule has 17 heavy (non-hydrogen) atoms. The molecule has 0 aliphatic carbocycles. The molecule has 0 bridgehead atoms. The molecular formula is C12H12FN3O. The molecule has 0 saturated heterocycles. The van der Waals surface area contributed by atoms with E-state index in [0.29, 0.717) is 11.3 Å². The number of ketones is 1. The average molecular weight is 233 g/mol. The summed E-state index contributed by atoms with van der Waals surface area (Å²) in [5, 5.41) is 7.55. The van der Waals surface area contributed by atoms with Crippen LogP contribution in [0, 0.1) is 5.82 Å². The van der Waals surface area contributed by atoms with Gasteiger partial charge in [0.25, 0.3) is 0 Å². The van der Waals surface area contributed by atoms with Crippen molar-refractivity contribution >= 4 is 5.78 Å². The molecule has 0 amide bonds. The number of Topliss-reactive ketones (excluding diaryl/α,β-unsaturated/α-hetero) is 1. The summed E-state index contributed by atoms with van der Waals surface area (Å²) in [5.41, 5.74) is 1.02. The third kappa shape index (κ3) is 2.96. The van der Waals surface area contributed by atoms with Gasteiger partial charge in [-0.15, -0.1) is 5.10 Å². The second-order valence-corrected chi connectivity index (χ2v) is 3.87. The van der Waals surface area contributed by atoms with Gasteiger partial charge in [-0.2, -0.15) is 0 Å². The van der Waals surface area contributed by atoms with Gasteiger partial charge in [-0.3, -0.25) is 9.48 Å². The van der Waals surface area contributed by atoms with Crippen molar-refractivity contribution < 1.29 is 9.18 Å². The molecule has 0 radical (unpaired) electrons. The van der Waals surface area contributed by atoms with Crippen molar-refractivity contribution in [2.24, 2.45) is 7.05 Å². The van der Waals surface area contributed by atoms with E-state index in [9.17, 15) is 9.18 Å². The molecular weight excluding hydrogens is 221 g/mol. The predicted molar refractivity (Wildman–Crippen MR) is 59.8 cm³/mol. The first-order chi connectivity index (χ1) is 8.15. The maximum Gasteiger partial charge on any atom is 0.143 e. The first kappa shape index (κ1) is 11.4. The maximum absolute atomic E-state index is 13.3. The van der Waals surface area contributed by atoms with Crippen LogP contribution in [0.25, 0.3) is 0 Å². The number of aromatic nitrogens is 3. The Kier molecular flexibility index (Phi) is 3.27. The Morgan fingerprint density at radius 3 is 2.76 bits per heavy atom. The fraction of sp³-hybridized carbons (Fsp3) is 0.250. The summed E-state index contributed by atoms with van der Waals surface area (Å²) in [6.45, 7) is 0. The maximum atomic E-state index is 13.3. The van der Waals surface area contributed by atoms with Crippen LogP contribution in [0.3, 0.4) is 0 Å². The highest BCUT2D eigenvalue weighted by atomic mass is 19.1. The van der Waals surface area contributed by atoms with E-state index >= 15 is 0 Å². The smallest absolute Gasteiger partial charge is 0.143 e. The summed E-state index contributed by atoms with van der Waals surface area (Å²) < 4.78 is 14.8. The van der Waals surface area contributed by atoms with Gasteiger partial charge in [0.15, 0.2) is 0 Å². The van der Waals surface area contributed by atoms with E-state index in [1.54, 1.807) is 31.4 Å². The molecule has 0 saturated carbocycles. The number of carbonyl (C=O) groups excluding carboxylic acids is 1. The summed E-state index contributed by atoms with van der Waals surface area (Å²) in [6.07, 6.45) is 1.95. The normalized spacial score (nSPS) is 10.5. The number of halogens is 1. The summed E-state index contributed by atoms with van der Waals surface area (Å²) in [5.74, 6) is -0.421. The number of hydrogen-bond donors (Lipinski definition) is 0. The number of aryl methyl sites for hydroxylation is 1. The van der Waals surface area contributed by atoms with Crippen molar-refractivity contribution in [2.45, 2.75) is 12.8 Å². The van der Waals surface area contributed by atoms with Crippen LogP contribution in [0.5, 0.6) is 0 Å². The predicted octanol–water partition coefficient (Wildman–Crippen LogP) is 1.31. The van der Waals surface area contributed by atoms with Gasteiger partial charge < -0.3 is 0 Å². The zero-order valence-corrected chi connectivity index (χ0v) is 9.43. The minimum Gasteiger partial charge on any atom is -0.299 e. The molecule has 0 spiro atoms. The molecule has 0 unspecified atom stereocenters. The quantitative estimate of drug-likeness (QED) is 0.800. The van der Waals surface area contributed by atoms with Crippen LogP contribution in [-0.4, -0.2) is 20.8 Å². The van der Waals surface area contributed by atoms with Gasteiger partial charge in [-0.05, 0) is 11.6 Å². The second-order valence-electron chi connectivity index (χ2n) is 3.87. The largest absolute Gasteiger partial charge is 0.299 e. The minimum absolute atomic E-state index is 0.0735. The fourth-order valence-electron chi connectivity index (χ4n) is 1.59. The number of hydrogen-bond acceptors (Lipinski definition) is 3. The van der Waals surface area contributed by atoms with Gasteiger partial charge in [0.2, 0.25) is 0 Å². The van der Waals surface area contributed by atoms with Gasteiger partial charge in [-0.1, -0.05) is 23.4 Å². The van der Waals surface area contributed by atoms with Crippen LogP contribution < -0.4 is 0 Å². The highest BCUT2D eigenvalue weighted by Gasteiger charge is 2.10. The van der Waals surface area contributed by atoms with E-state index in [0.717, 1.165) is 0 Å². The van der Waals surface area contributed by atoms with Crippen molar-refractivity contribution in [3.63, 3.8) is 0 Å². The molecule has 1 heterocycles. The van der Waals surface area contributed by atoms with Crippen molar-refractivity contribution in [1.29, 1.82) is 0 Å². The summed E-state index contributed by atoms with van der Waals surface area (Å²) in [7, 11) is 1.73. The van der Waals surface area contributed by atoms with Gasteiger partial charge in [-0.25, -0.2) is 4.39 Å². The molecule has 2 rings (SSSR count). The SMILES string of the molecule is Cn1cc(CC(=O)Cc2ccccc2F)nn1. The Morgan fingerprint density at radius 1 is 1.35 bits per heavy atom. The molecule has 0 fully saturated rings. The lowest BCUT2D eigenvalue weighted by Crippen LogP contribution is -2.08. The molecule has 5 heteroatoms. The van der Waals surface area contributed by atoms with Crippen molar-refractivity contribution in [1.82, 2.24) is 15.0 Å². The Hall–Kier alpha value is -2.04. The van der Waals surface area contributed by atoms with Gasteiger partial charge >= 0.3 is 0 Å². The standard InChI is InChI=1S/C12H12FN3O/c1-16-8-10(14-15-16)7-11(17)6-9-4-2-3-5-12(9)13/h2-5,8H,6-7H2,1H3. The molecule has 0 N–H and O–H groups in total. The van der Waals surface area contributed by atoms with E-state index in [2.05, 4.69) is 10.3 Å². The first-order valence-electron chi connectivity index (χ1n) is 5.25. The third-order valence-corrected chi connectivity index (χ3v) is 2.37. The minimum atomic E-state index is -0.347. The van der Waals surface area contributed by atoms with Gasteiger partial charge in [0.05, 0.1) is 12.1 Å². The number of carbonyl (C=O) groups is 1. The van der Waals surface area contributed by atoms with Crippen LogP contribution in [0.4, 0.5) is 4.39 Å². The highest BCUT2D eigenvalue weighted by molar-refractivity contribution is 5.82. The Bertz CT molecular complexity index is 536. The van der Waals surface area contributed by atoms with Crippen LogP contribution in [0.2, 0.25) is 0 Å². The lowest BCUT2D eigenvalue weighted by Gasteiger charge is -2.00. The second kappa shape index (κ2) is 4.86. The zero-order chi connectivity index (χ0) is 12.3. The van der Waals surface area contributed by atoms with E-state index in [4.69, 9.17) is 0 Å². The molecule has 1 aromatic heterocycles. The fourth-order valence-corrected chi connectivity index (χ4v) is 1.59. The van der Waals surface area contributed by atoms with Crippen LogP contribution >= 0.6 is 0 Å². The molecule has 4 nitrogen and oxygen atoms in total. The highest BCUT2D eigenvalue weighted by Crippen LogP contribution is 2.08. The monoisotopic (exact) mass is 233 g/mol. The topological polar surface area (TPSA) is 47.8 Å². The van der Waals surface area contributed by atoms with Crippen LogP contribution in [0.15, 0.2) is 30.5 Å². The van der Waals surface area contributed by atoms with E-state index in [-0.39, 0.29) is 24.4 Å². The first-order valence-corrected chi connectivity index (χ1v) is 5.25. The van der Waals surface area contributed by atoms with E-state index in [1.165, 1.54) is 10.7 Å². The Balaban J connectivity index is 2.01. The lowest BCUT2D eigenvalue weighted by atomic mass is 10.1. The lowest BCUT2D eigenvalue weighted by molar-refractivity contribution is -0.117. The van der Waals surface area contributed by atoms with E-state index in [1.807, 2.05) is 0 Å². The Morgan fingerprint density at radius 2 is 2.12 bits per heavy atom. The number of benzene rings is 1. The molecule has 0 atom stereocenters. The van der Waals surface area contributed by atoms with Crippen LogP contribution in [-0.2, 0) is 24.7 Å². The Labute approximate surface area is 98.1 Å². The van der Waals surface area contributed by atoms with Crippen molar-refractivity contribution in [3.05, 3.63) is 47.5 Å². The zero-order valence-electron chi connectivity index (χ0n) is 9.43. The average Bonchev–Trinajstić information content (AvgIpc) is 2.67. The molecule has 1 aromatic carbocycles. The van der Waals surface area contributed by atoms with Gasteiger partial charge in [0, 0.05) is 19.7 Å². The number of nitrogens with zero attached hydrogens (tertiary/aromatic N) is 3. The van der Waals surface area contributed by atoms with Crippen molar-refractivity contribution in [2.75, 3.05) is 0 Å². The summed E-state index contributed by atoms with van der Waals surface area (Å²) >= 11 is 0. The van der Waals surface area contributed by atoms with Crippen molar-refractivity contribution in [3.8, 4) is 0 Å². The summed E-state index contributed by atoms with van der Waals surface area (Å²) in [4.78, 5) is 11.7. The van der Waals surface area contributed by atoms with E-state index < -0.39 is 0 Å². The molecule has 88 valence electrons. The molecule has 0 aliphatic rings. The van der Waals surface area contributed by atoms with Gasteiger partial charge in [0.1, 0.15) is 11.6 Å². The summed E-state index contributed by atoms with van der Waals surface area (Å²) in [6, 6.07) is 6.29.